The number of fused-ring (bicyclic) bond motifs is 9. The van der Waals surface area contributed by atoms with Gasteiger partial charge in [0.1, 0.15) is 0 Å². The molecule has 0 unspecified atom stereocenters. The minimum atomic E-state index is -0.116. The number of benzene rings is 6. The molecule has 8 aromatic rings. The minimum Gasteiger partial charge on any atom is -0.310 e. The van der Waals surface area contributed by atoms with Gasteiger partial charge in [0, 0.05) is 37.8 Å². The molecule has 0 aliphatic heterocycles. The highest BCUT2D eigenvalue weighted by Gasteiger charge is 2.38. The van der Waals surface area contributed by atoms with Gasteiger partial charge in [0.2, 0.25) is 0 Å². The SMILES string of the molecule is CC1(C)c2ccccc2-c2cccc(-n3c4ccccc4c4cc(-c5ccc6c(c5)c5c(n6-c6cccc(C#N)c6)=CCCC=5)ccc43)c21. The normalized spacial score (nSPS) is 14.2. The Labute approximate surface area is 284 Å². The summed E-state index contributed by atoms with van der Waals surface area (Å²) in [5, 5.41) is 15.9. The molecule has 0 saturated carbocycles. The second kappa shape index (κ2) is 10.2. The van der Waals surface area contributed by atoms with Crippen molar-refractivity contribution in [3.05, 3.63) is 155 Å². The molecule has 3 nitrogen and oxygen atoms in total. The van der Waals surface area contributed by atoms with Crippen molar-refractivity contribution < 1.29 is 0 Å². The van der Waals surface area contributed by atoms with E-state index < -0.39 is 0 Å². The molecule has 10 rings (SSSR count). The van der Waals surface area contributed by atoms with E-state index in [1.54, 1.807) is 0 Å². The Hall–Kier alpha value is -6.11. The first-order valence-corrected chi connectivity index (χ1v) is 17.2. The highest BCUT2D eigenvalue weighted by Crippen LogP contribution is 2.51. The lowest BCUT2D eigenvalue weighted by Crippen LogP contribution is -2.30. The average Bonchev–Trinajstić information content (AvgIpc) is 3.74. The monoisotopic (exact) mass is 627 g/mol. The Morgan fingerprint density at radius 3 is 2.14 bits per heavy atom. The van der Waals surface area contributed by atoms with Gasteiger partial charge in [0.25, 0.3) is 0 Å². The average molecular weight is 628 g/mol. The zero-order valence-corrected chi connectivity index (χ0v) is 27.5. The summed E-state index contributed by atoms with van der Waals surface area (Å²) in [5.41, 5.74) is 14.3. The zero-order valence-electron chi connectivity index (χ0n) is 27.5. The number of nitriles is 1. The molecule has 0 radical (unpaired) electrons. The zero-order chi connectivity index (χ0) is 32.9. The number of rotatable bonds is 3. The molecule has 0 fully saturated rings. The summed E-state index contributed by atoms with van der Waals surface area (Å²) >= 11 is 0. The molecule has 0 amide bonds. The Morgan fingerprint density at radius 1 is 0.592 bits per heavy atom. The van der Waals surface area contributed by atoms with Gasteiger partial charge in [-0.1, -0.05) is 98.8 Å². The van der Waals surface area contributed by atoms with Crippen molar-refractivity contribution in [1.29, 1.82) is 5.26 Å². The van der Waals surface area contributed by atoms with E-state index >= 15 is 0 Å². The Bertz CT molecular complexity index is 2870. The lowest BCUT2D eigenvalue weighted by molar-refractivity contribution is 0.656. The van der Waals surface area contributed by atoms with Crippen LogP contribution in [-0.2, 0) is 5.41 Å². The molecule has 0 N–H and O–H groups in total. The topological polar surface area (TPSA) is 33.6 Å². The molecule has 49 heavy (non-hydrogen) atoms. The molecule has 6 aromatic carbocycles. The van der Waals surface area contributed by atoms with Crippen LogP contribution in [0.3, 0.4) is 0 Å². The minimum absolute atomic E-state index is 0.116. The van der Waals surface area contributed by atoms with Crippen molar-refractivity contribution >= 4 is 44.9 Å². The van der Waals surface area contributed by atoms with Crippen LogP contribution >= 0.6 is 0 Å². The molecule has 0 atom stereocenters. The largest absolute Gasteiger partial charge is 0.310 e. The van der Waals surface area contributed by atoms with Crippen LogP contribution in [0.1, 0.15) is 43.4 Å². The van der Waals surface area contributed by atoms with Crippen LogP contribution in [0.15, 0.2) is 127 Å². The number of aromatic nitrogens is 2. The predicted molar refractivity (Wildman–Crippen MR) is 203 cm³/mol. The van der Waals surface area contributed by atoms with Gasteiger partial charge >= 0.3 is 0 Å². The van der Waals surface area contributed by atoms with Crippen LogP contribution in [-0.4, -0.2) is 9.13 Å². The summed E-state index contributed by atoms with van der Waals surface area (Å²) in [6.07, 6.45) is 6.77. The molecule has 0 saturated heterocycles. The quantitative estimate of drug-likeness (QED) is 0.192. The number of nitrogens with zero attached hydrogens (tertiary/aromatic N) is 3. The molecular weight excluding hydrogens is 595 g/mol. The van der Waals surface area contributed by atoms with Gasteiger partial charge in [-0.15, -0.1) is 0 Å². The maximum Gasteiger partial charge on any atom is 0.0992 e. The highest BCUT2D eigenvalue weighted by molar-refractivity contribution is 6.11. The van der Waals surface area contributed by atoms with Crippen LogP contribution in [0.5, 0.6) is 0 Å². The van der Waals surface area contributed by atoms with E-state index in [0.29, 0.717) is 5.56 Å². The van der Waals surface area contributed by atoms with E-state index in [1.165, 1.54) is 76.8 Å². The molecule has 0 spiro atoms. The molecular formula is C46H33N3. The fourth-order valence-corrected chi connectivity index (χ4v) is 8.79. The molecule has 2 aliphatic carbocycles. The van der Waals surface area contributed by atoms with Crippen LogP contribution in [0.25, 0.3) is 78.5 Å². The molecule has 0 bridgehead atoms. The van der Waals surface area contributed by atoms with E-state index in [-0.39, 0.29) is 5.41 Å². The van der Waals surface area contributed by atoms with Crippen molar-refractivity contribution in [2.45, 2.75) is 32.1 Å². The van der Waals surface area contributed by atoms with E-state index in [9.17, 15) is 5.26 Å². The van der Waals surface area contributed by atoms with Crippen molar-refractivity contribution in [3.8, 4) is 39.7 Å². The predicted octanol–water partition coefficient (Wildman–Crippen LogP) is 9.93. The van der Waals surface area contributed by atoms with Crippen molar-refractivity contribution in [3.63, 3.8) is 0 Å². The summed E-state index contributed by atoms with van der Waals surface area (Å²) in [6.45, 7) is 4.73. The van der Waals surface area contributed by atoms with E-state index in [2.05, 4.69) is 150 Å². The van der Waals surface area contributed by atoms with Gasteiger partial charge < -0.3 is 9.13 Å². The second-order valence-electron chi connectivity index (χ2n) is 14.0. The highest BCUT2D eigenvalue weighted by atomic mass is 15.0. The van der Waals surface area contributed by atoms with Gasteiger partial charge in [0.05, 0.1) is 33.9 Å². The summed E-state index contributed by atoms with van der Waals surface area (Å²) < 4.78 is 4.81. The maximum absolute atomic E-state index is 9.61. The standard InChI is InChI=1S/C46H33N3/c1-46(2)39-17-6-3-13-33(39)36-16-10-20-44(45(36)46)49-41-19-8-5-15-35(41)38-27-31(22-24-43(38)49)30-21-23-42-37(26-30)34-14-4-7-18-40(34)48(42)32-12-9-11-29(25-32)28-47/h3,5-6,8-27H,4,7H2,1-2H3. The summed E-state index contributed by atoms with van der Waals surface area (Å²) in [7, 11) is 0. The van der Waals surface area contributed by atoms with E-state index in [4.69, 9.17) is 0 Å². The van der Waals surface area contributed by atoms with Gasteiger partial charge in [0.15, 0.2) is 0 Å². The Balaban J connectivity index is 1.18. The van der Waals surface area contributed by atoms with Crippen LogP contribution in [0.4, 0.5) is 0 Å². The number of para-hydroxylation sites is 1. The first-order chi connectivity index (χ1) is 24.0. The smallest absolute Gasteiger partial charge is 0.0992 e. The fraction of sp³-hybridized carbons (Fsp3) is 0.109. The van der Waals surface area contributed by atoms with Crippen molar-refractivity contribution in [1.82, 2.24) is 9.13 Å². The Kier molecular flexibility index (Phi) is 5.82. The van der Waals surface area contributed by atoms with E-state index in [0.717, 1.165) is 24.0 Å². The van der Waals surface area contributed by atoms with Gasteiger partial charge in [-0.3, -0.25) is 0 Å². The Morgan fingerprint density at radius 2 is 1.29 bits per heavy atom. The van der Waals surface area contributed by atoms with Crippen molar-refractivity contribution in [2.75, 3.05) is 0 Å². The maximum atomic E-state index is 9.61. The first kappa shape index (κ1) is 28.0. The molecule has 2 aliphatic rings. The van der Waals surface area contributed by atoms with Crippen LogP contribution in [0.2, 0.25) is 0 Å². The summed E-state index contributed by atoms with van der Waals surface area (Å²) in [6, 6.07) is 48.6. The number of hydrogen-bond acceptors (Lipinski definition) is 1. The molecule has 2 heterocycles. The van der Waals surface area contributed by atoms with Crippen molar-refractivity contribution in [2.24, 2.45) is 0 Å². The van der Waals surface area contributed by atoms with Gasteiger partial charge in [-0.05, 0) is 101 Å². The van der Waals surface area contributed by atoms with Gasteiger partial charge in [-0.2, -0.15) is 5.26 Å². The summed E-state index contributed by atoms with van der Waals surface area (Å²) in [4.78, 5) is 0. The first-order valence-electron chi connectivity index (χ1n) is 17.2. The lowest BCUT2D eigenvalue weighted by Gasteiger charge is -2.25. The molecule has 232 valence electrons. The third kappa shape index (κ3) is 3.89. The van der Waals surface area contributed by atoms with Crippen LogP contribution < -0.4 is 10.6 Å². The lowest BCUT2D eigenvalue weighted by atomic mass is 9.81. The molecule has 3 heteroatoms. The third-order valence-electron chi connectivity index (χ3n) is 10.9. The fourth-order valence-electron chi connectivity index (χ4n) is 8.79. The van der Waals surface area contributed by atoms with Crippen LogP contribution in [0, 0.1) is 11.3 Å². The third-order valence-corrected chi connectivity index (χ3v) is 10.9. The van der Waals surface area contributed by atoms with E-state index in [1.807, 2.05) is 18.2 Å². The molecule has 2 aromatic heterocycles. The van der Waals surface area contributed by atoms with Gasteiger partial charge in [-0.25, -0.2) is 0 Å². The summed E-state index contributed by atoms with van der Waals surface area (Å²) in [5.74, 6) is 0. The second-order valence-corrected chi connectivity index (χ2v) is 14.0. The number of hydrogen-bond donors (Lipinski definition) is 0.